The predicted molar refractivity (Wildman–Crippen MR) is 102 cm³/mol. The summed E-state index contributed by atoms with van der Waals surface area (Å²) in [6.45, 7) is 5.78. The minimum atomic E-state index is -1.33. The molecule has 0 bridgehead atoms. The van der Waals surface area contributed by atoms with Crippen LogP contribution in [0.3, 0.4) is 0 Å². The number of nitrogens with one attached hydrogen (secondary N) is 1. The zero-order chi connectivity index (χ0) is 18.7. The Kier molecular flexibility index (Phi) is 5.29. The van der Waals surface area contributed by atoms with Crippen molar-refractivity contribution < 1.29 is 19.4 Å². The zero-order valence-electron chi connectivity index (χ0n) is 14.8. The van der Waals surface area contributed by atoms with Crippen molar-refractivity contribution in [3.05, 3.63) is 41.3 Å². The van der Waals surface area contributed by atoms with E-state index in [0.29, 0.717) is 18.1 Å². The largest absolute Gasteiger partial charge is 0.480 e. The van der Waals surface area contributed by atoms with E-state index in [9.17, 15) is 14.7 Å². The van der Waals surface area contributed by atoms with Gasteiger partial charge >= 0.3 is 5.97 Å². The van der Waals surface area contributed by atoms with Gasteiger partial charge in [0.1, 0.15) is 5.54 Å². The lowest BCUT2D eigenvalue weighted by molar-refractivity contribution is -0.143. The summed E-state index contributed by atoms with van der Waals surface area (Å²) in [6, 6.07) is 11.7. The minimum absolute atomic E-state index is 0.376. The van der Waals surface area contributed by atoms with Crippen molar-refractivity contribution in [3.8, 4) is 11.1 Å². The summed E-state index contributed by atoms with van der Waals surface area (Å²) >= 11 is 1.39. The number of hydrogen-bond donors (Lipinski definition) is 2. The number of hydrogen-bond acceptors (Lipinski definition) is 5. The SMILES string of the molecule is CC(C)(NC(=O)c1cc(-c2ccccc2)c(N2CCOCC2)s1)C(=O)O. The van der Waals surface area contributed by atoms with Gasteiger partial charge in [-0.2, -0.15) is 0 Å². The Morgan fingerprint density at radius 1 is 1.19 bits per heavy atom. The molecule has 26 heavy (non-hydrogen) atoms. The number of thiophene rings is 1. The molecule has 2 heterocycles. The number of rotatable bonds is 5. The van der Waals surface area contributed by atoms with Gasteiger partial charge in [0.25, 0.3) is 5.91 Å². The van der Waals surface area contributed by atoms with Crippen LogP contribution in [-0.2, 0) is 9.53 Å². The quantitative estimate of drug-likeness (QED) is 0.841. The van der Waals surface area contributed by atoms with Gasteiger partial charge in [-0.1, -0.05) is 30.3 Å². The molecular weight excluding hydrogens is 352 g/mol. The van der Waals surface area contributed by atoms with Crippen molar-refractivity contribution in [2.45, 2.75) is 19.4 Å². The molecule has 1 aliphatic rings. The third-order valence-corrected chi connectivity index (χ3v) is 5.47. The van der Waals surface area contributed by atoms with Gasteiger partial charge in [0, 0.05) is 18.7 Å². The lowest BCUT2D eigenvalue weighted by atomic mass is 10.1. The van der Waals surface area contributed by atoms with Gasteiger partial charge in [0.05, 0.1) is 23.1 Å². The second-order valence-electron chi connectivity index (χ2n) is 6.68. The van der Waals surface area contributed by atoms with Crippen molar-refractivity contribution in [3.63, 3.8) is 0 Å². The summed E-state index contributed by atoms with van der Waals surface area (Å²) in [5.74, 6) is -1.45. The molecule has 0 atom stereocenters. The number of morpholine rings is 1. The Bertz CT molecular complexity index is 795. The summed E-state index contributed by atoms with van der Waals surface area (Å²) < 4.78 is 5.43. The molecule has 1 aliphatic heterocycles. The average molecular weight is 374 g/mol. The Morgan fingerprint density at radius 3 is 2.46 bits per heavy atom. The number of anilines is 1. The van der Waals surface area contributed by atoms with Crippen molar-refractivity contribution in [1.29, 1.82) is 0 Å². The van der Waals surface area contributed by atoms with Gasteiger partial charge in [0.2, 0.25) is 0 Å². The van der Waals surface area contributed by atoms with Crippen LogP contribution < -0.4 is 10.2 Å². The molecule has 1 saturated heterocycles. The summed E-state index contributed by atoms with van der Waals surface area (Å²) in [6.07, 6.45) is 0. The van der Waals surface area contributed by atoms with Crippen LogP contribution in [0, 0.1) is 0 Å². The Balaban J connectivity index is 1.96. The first-order valence-corrected chi connectivity index (χ1v) is 9.28. The molecule has 2 N–H and O–H groups in total. The van der Waals surface area contributed by atoms with E-state index < -0.39 is 11.5 Å². The van der Waals surface area contributed by atoms with Crippen molar-refractivity contribution in [1.82, 2.24) is 5.32 Å². The number of carboxylic acid groups (broad SMARTS) is 1. The smallest absolute Gasteiger partial charge is 0.328 e. The van der Waals surface area contributed by atoms with Gasteiger partial charge in [0.15, 0.2) is 0 Å². The van der Waals surface area contributed by atoms with Crippen LogP contribution in [0.4, 0.5) is 5.00 Å². The number of carbonyl (C=O) groups is 2. The molecule has 1 aromatic carbocycles. The van der Waals surface area contributed by atoms with Crippen molar-refractivity contribution >= 4 is 28.2 Å². The fourth-order valence-electron chi connectivity index (χ4n) is 2.72. The van der Waals surface area contributed by atoms with Gasteiger partial charge in [-0.15, -0.1) is 11.3 Å². The monoisotopic (exact) mass is 374 g/mol. The number of carboxylic acids is 1. The highest BCUT2D eigenvalue weighted by Gasteiger charge is 2.31. The average Bonchev–Trinajstić information content (AvgIpc) is 3.08. The highest BCUT2D eigenvalue weighted by atomic mass is 32.1. The molecular formula is C19H22N2O4S. The molecule has 2 aromatic rings. The second kappa shape index (κ2) is 7.47. The normalized spacial score (nSPS) is 14.9. The second-order valence-corrected chi connectivity index (χ2v) is 7.71. The Labute approximate surface area is 156 Å². The van der Waals surface area contributed by atoms with Crippen molar-refractivity contribution in [2.24, 2.45) is 0 Å². The summed E-state index contributed by atoms with van der Waals surface area (Å²) in [5, 5.41) is 12.9. The van der Waals surface area contributed by atoms with Crippen LogP contribution in [0.25, 0.3) is 11.1 Å². The highest BCUT2D eigenvalue weighted by Crippen LogP contribution is 2.39. The lowest BCUT2D eigenvalue weighted by Crippen LogP contribution is -2.49. The molecule has 0 aliphatic carbocycles. The molecule has 3 rings (SSSR count). The zero-order valence-corrected chi connectivity index (χ0v) is 15.6. The van der Waals surface area contributed by atoms with E-state index in [1.165, 1.54) is 25.2 Å². The Morgan fingerprint density at radius 2 is 1.85 bits per heavy atom. The molecule has 1 amide bonds. The fraction of sp³-hybridized carbons (Fsp3) is 0.368. The summed E-state index contributed by atoms with van der Waals surface area (Å²) in [7, 11) is 0. The van der Waals surface area contributed by atoms with Crippen LogP contribution in [0.1, 0.15) is 23.5 Å². The lowest BCUT2D eigenvalue weighted by Gasteiger charge is -2.28. The third kappa shape index (κ3) is 3.89. The number of amides is 1. The first-order valence-electron chi connectivity index (χ1n) is 8.46. The van der Waals surface area contributed by atoms with E-state index >= 15 is 0 Å². The third-order valence-electron chi connectivity index (χ3n) is 4.28. The molecule has 7 heteroatoms. The van der Waals surface area contributed by atoms with Gasteiger partial charge in [-0.3, -0.25) is 4.79 Å². The molecule has 0 saturated carbocycles. The van der Waals surface area contributed by atoms with Crippen LogP contribution in [0.15, 0.2) is 36.4 Å². The Hall–Kier alpha value is -2.38. The summed E-state index contributed by atoms with van der Waals surface area (Å²) in [4.78, 5) is 26.7. The minimum Gasteiger partial charge on any atom is -0.480 e. The van der Waals surface area contributed by atoms with E-state index in [1.807, 2.05) is 36.4 Å². The maximum absolute atomic E-state index is 12.6. The van der Waals surface area contributed by atoms with E-state index in [1.54, 1.807) is 0 Å². The molecule has 1 fully saturated rings. The van der Waals surface area contributed by atoms with Crippen molar-refractivity contribution in [2.75, 3.05) is 31.2 Å². The first kappa shape index (κ1) is 18.4. The molecule has 1 aromatic heterocycles. The van der Waals surface area contributed by atoms with E-state index in [4.69, 9.17) is 4.74 Å². The maximum Gasteiger partial charge on any atom is 0.328 e. The highest BCUT2D eigenvalue weighted by molar-refractivity contribution is 7.18. The van der Waals surface area contributed by atoms with Crippen LogP contribution >= 0.6 is 11.3 Å². The molecule has 0 unspecified atom stereocenters. The molecule has 6 nitrogen and oxygen atoms in total. The number of aliphatic carboxylic acids is 1. The van der Waals surface area contributed by atoms with E-state index in [2.05, 4.69) is 10.2 Å². The molecule has 138 valence electrons. The number of ether oxygens (including phenoxy) is 1. The van der Waals surface area contributed by atoms with Gasteiger partial charge in [-0.25, -0.2) is 4.79 Å². The van der Waals surface area contributed by atoms with Crippen LogP contribution in [-0.4, -0.2) is 48.8 Å². The van der Waals surface area contributed by atoms with Gasteiger partial charge < -0.3 is 20.1 Å². The fourth-order valence-corrected chi connectivity index (χ4v) is 3.85. The standard InChI is InChI=1S/C19H22N2O4S/c1-19(2,18(23)24)20-16(22)15-12-14(13-6-4-3-5-7-13)17(26-15)21-8-10-25-11-9-21/h3-7,12H,8-11H2,1-2H3,(H,20,22)(H,23,24). The first-order chi connectivity index (χ1) is 12.4. The summed E-state index contributed by atoms with van der Waals surface area (Å²) in [5.41, 5.74) is 0.685. The van der Waals surface area contributed by atoms with E-state index in [0.717, 1.165) is 29.2 Å². The van der Waals surface area contributed by atoms with E-state index in [-0.39, 0.29) is 5.91 Å². The number of benzene rings is 1. The maximum atomic E-state index is 12.6. The van der Waals surface area contributed by atoms with Crippen LogP contribution in [0.2, 0.25) is 0 Å². The topological polar surface area (TPSA) is 78.9 Å². The molecule has 0 spiro atoms. The number of carbonyl (C=O) groups excluding carboxylic acids is 1. The molecule has 0 radical (unpaired) electrons. The predicted octanol–water partition coefficient (Wildman–Crippen LogP) is 2.84. The van der Waals surface area contributed by atoms with Crippen LogP contribution in [0.5, 0.6) is 0 Å². The number of nitrogens with zero attached hydrogens (tertiary/aromatic N) is 1. The van der Waals surface area contributed by atoms with Gasteiger partial charge in [-0.05, 0) is 25.5 Å².